The Morgan fingerprint density at radius 1 is 0.926 bits per heavy atom. The van der Waals surface area contributed by atoms with E-state index < -0.39 is 29.2 Å². The van der Waals surface area contributed by atoms with E-state index in [9.17, 15) is 9.59 Å². The predicted molar refractivity (Wildman–Crippen MR) is 103 cm³/mol. The number of nitrogens with one attached hydrogen (secondary N) is 1. The largest absolute Gasteiger partial charge is 0.444 e. The van der Waals surface area contributed by atoms with Crippen molar-refractivity contribution in [1.82, 2.24) is 5.32 Å². The van der Waals surface area contributed by atoms with Gasteiger partial charge in [-0.2, -0.15) is 0 Å². The third kappa shape index (κ3) is 5.56. The van der Waals surface area contributed by atoms with Crippen LogP contribution in [0.15, 0.2) is 60.7 Å². The number of rotatable bonds is 5. The summed E-state index contributed by atoms with van der Waals surface area (Å²) in [5, 5.41) is 2.61. The van der Waals surface area contributed by atoms with Crippen molar-refractivity contribution in [3.63, 3.8) is 0 Å². The summed E-state index contributed by atoms with van der Waals surface area (Å²) in [5.41, 5.74) is 4.79. The zero-order chi connectivity index (χ0) is 20.1. The Balaban J connectivity index is 2.31. The number of amides is 1. The van der Waals surface area contributed by atoms with Crippen LogP contribution in [0.25, 0.3) is 0 Å². The van der Waals surface area contributed by atoms with Crippen molar-refractivity contribution in [3.8, 4) is 5.75 Å². The first-order valence-electron chi connectivity index (χ1n) is 8.71. The fourth-order valence-electron chi connectivity index (χ4n) is 2.47. The van der Waals surface area contributed by atoms with Crippen LogP contribution in [0.4, 0.5) is 4.79 Å². The Morgan fingerprint density at radius 3 is 1.96 bits per heavy atom. The summed E-state index contributed by atoms with van der Waals surface area (Å²) in [4.78, 5) is 25.3. The van der Waals surface area contributed by atoms with E-state index in [0.717, 1.165) is 0 Å². The van der Waals surface area contributed by atoms with Crippen LogP contribution in [0.5, 0.6) is 5.75 Å². The topological polar surface area (TPSA) is 90.6 Å². The fraction of sp³-hybridized carbons (Fsp3) is 0.333. The van der Waals surface area contributed by atoms with Crippen molar-refractivity contribution < 1.29 is 19.1 Å². The van der Waals surface area contributed by atoms with Crippen LogP contribution in [0.3, 0.4) is 0 Å². The Kier molecular flexibility index (Phi) is 6.23. The van der Waals surface area contributed by atoms with Gasteiger partial charge in [0.05, 0.1) is 6.04 Å². The summed E-state index contributed by atoms with van der Waals surface area (Å²) in [6, 6.07) is 16.8. The van der Waals surface area contributed by atoms with E-state index in [1.165, 1.54) is 6.92 Å². The van der Waals surface area contributed by atoms with Crippen molar-refractivity contribution in [2.75, 3.05) is 0 Å². The van der Waals surface area contributed by atoms with E-state index in [2.05, 4.69) is 5.32 Å². The average molecular weight is 370 g/mol. The number of nitrogens with two attached hydrogens (primary N) is 1. The van der Waals surface area contributed by atoms with E-state index >= 15 is 0 Å². The number of carbonyl (C=O) groups excluding carboxylic acids is 2. The van der Waals surface area contributed by atoms with Gasteiger partial charge in [-0.3, -0.25) is 0 Å². The summed E-state index contributed by atoms with van der Waals surface area (Å²) in [7, 11) is 0. The van der Waals surface area contributed by atoms with Gasteiger partial charge < -0.3 is 20.5 Å². The van der Waals surface area contributed by atoms with E-state index in [1.54, 1.807) is 57.2 Å². The number of hydrogen-bond donors (Lipinski definition) is 2. The molecule has 0 heterocycles. The van der Waals surface area contributed by atoms with Crippen LogP contribution < -0.4 is 15.8 Å². The lowest BCUT2D eigenvalue weighted by molar-refractivity contribution is -0.142. The van der Waals surface area contributed by atoms with E-state index in [0.29, 0.717) is 11.3 Å². The lowest BCUT2D eigenvalue weighted by atomic mass is 9.87. The maximum absolute atomic E-state index is 13.0. The van der Waals surface area contributed by atoms with Gasteiger partial charge in [-0.15, -0.1) is 0 Å². The normalized spacial score (nSPS) is 14.6. The third-order valence-electron chi connectivity index (χ3n) is 3.92. The SMILES string of the molecule is CC(C)(C)OC(=O)NC(C)(C(=O)Oc1ccccc1)C(N)c1ccccc1. The van der Waals surface area contributed by atoms with Crippen LogP contribution in [-0.2, 0) is 9.53 Å². The highest BCUT2D eigenvalue weighted by Crippen LogP contribution is 2.26. The molecule has 144 valence electrons. The van der Waals surface area contributed by atoms with Gasteiger partial charge in [-0.1, -0.05) is 48.5 Å². The first kappa shape index (κ1) is 20.5. The van der Waals surface area contributed by atoms with Gasteiger partial charge in [0.1, 0.15) is 11.4 Å². The first-order chi connectivity index (χ1) is 12.6. The Hall–Kier alpha value is -2.86. The Bertz CT molecular complexity index is 772. The molecule has 2 aromatic carbocycles. The van der Waals surface area contributed by atoms with Gasteiger partial charge in [0.15, 0.2) is 5.54 Å². The van der Waals surface area contributed by atoms with Gasteiger partial charge in [-0.05, 0) is 45.4 Å². The fourth-order valence-corrected chi connectivity index (χ4v) is 2.47. The van der Waals surface area contributed by atoms with Crippen molar-refractivity contribution in [2.24, 2.45) is 5.73 Å². The van der Waals surface area contributed by atoms with E-state index in [4.69, 9.17) is 15.2 Å². The van der Waals surface area contributed by atoms with Gasteiger partial charge in [0.25, 0.3) is 0 Å². The summed E-state index contributed by atoms with van der Waals surface area (Å²) in [6.07, 6.45) is -0.749. The Morgan fingerprint density at radius 2 is 1.44 bits per heavy atom. The summed E-state index contributed by atoms with van der Waals surface area (Å²) >= 11 is 0. The molecule has 2 atom stereocenters. The second-order valence-electron chi connectivity index (χ2n) is 7.42. The molecule has 0 radical (unpaired) electrons. The molecule has 2 aromatic rings. The minimum absolute atomic E-state index is 0.361. The van der Waals surface area contributed by atoms with Crippen molar-refractivity contribution in [2.45, 2.75) is 44.9 Å². The number of alkyl carbamates (subject to hydrolysis) is 1. The van der Waals surface area contributed by atoms with Gasteiger partial charge in [0, 0.05) is 0 Å². The highest BCUT2D eigenvalue weighted by atomic mass is 16.6. The summed E-state index contributed by atoms with van der Waals surface area (Å²) in [6.45, 7) is 6.75. The smallest absolute Gasteiger partial charge is 0.408 e. The second kappa shape index (κ2) is 8.22. The van der Waals surface area contributed by atoms with Crippen molar-refractivity contribution >= 4 is 12.1 Å². The maximum Gasteiger partial charge on any atom is 0.408 e. The summed E-state index contributed by atoms with van der Waals surface area (Å²) < 4.78 is 10.8. The van der Waals surface area contributed by atoms with Crippen LogP contribution in [0.1, 0.15) is 39.3 Å². The van der Waals surface area contributed by atoms with Crippen molar-refractivity contribution in [1.29, 1.82) is 0 Å². The Labute approximate surface area is 159 Å². The number of benzene rings is 2. The molecule has 2 rings (SSSR count). The quantitative estimate of drug-likeness (QED) is 0.620. The number of carbonyl (C=O) groups is 2. The molecule has 0 saturated heterocycles. The van der Waals surface area contributed by atoms with Crippen LogP contribution in [0, 0.1) is 0 Å². The molecule has 0 aliphatic heterocycles. The lowest BCUT2D eigenvalue weighted by Gasteiger charge is -2.34. The minimum atomic E-state index is -1.54. The monoisotopic (exact) mass is 370 g/mol. The second-order valence-corrected chi connectivity index (χ2v) is 7.42. The molecule has 27 heavy (non-hydrogen) atoms. The minimum Gasteiger partial charge on any atom is -0.444 e. The average Bonchev–Trinajstić information content (AvgIpc) is 2.60. The molecule has 0 aromatic heterocycles. The summed E-state index contributed by atoms with van der Waals surface area (Å²) in [5.74, 6) is -0.323. The number of hydrogen-bond acceptors (Lipinski definition) is 5. The van der Waals surface area contributed by atoms with Crippen LogP contribution in [0.2, 0.25) is 0 Å². The molecule has 0 aliphatic carbocycles. The molecule has 6 heteroatoms. The third-order valence-corrected chi connectivity index (χ3v) is 3.92. The van der Waals surface area contributed by atoms with Gasteiger partial charge in [-0.25, -0.2) is 9.59 Å². The molecular formula is C21H26N2O4. The standard InChI is InChI=1S/C21H26N2O4/c1-20(2,3)27-19(25)23-21(4,17(22)15-11-7-5-8-12-15)18(24)26-16-13-9-6-10-14-16/h5-14,17H,22H2,1-4H3,(H,23,25). The maximum atomic E-state index is 13.0. The van der Waals surface area contributed by atoms with Crippen LogP contribution >= 0.6 is 0 Å². The molecule has 1 amide bonds. The van der Waals surface area contributed by atoms with Gasteiger partial charge >= 0.3 is 12.1 Å². The van der Waals surface area contributed by atoms with E-state index in [1.807, 2.05) is 24.3 Å². The molecule has 0 saturated carbocycles. The van der Waals surface area contributed by atoms with Gasteiger partial charge in [0.2, 0.25) is 0 Å². The zero-order valence-electron chi connectivity index (χ0n) is 16.1. The zero-order valence-corrected chi connectivity index (χ0v) is 16.1. The van der Waals surface area contributed by atoms with Crippen molar-refractivity contribution in [3.05, 3.63) is 66.2 Å². The molecule has 0 bridgehead atoms. The number of esters is 1. The molecule has 3 N–H and O–H groups in total. The first-order valence-corrected chi connectivity index (χ1v) is 8.71. The number of para-hydroxylation sites is 1. The molecular weight excluding hydrogens is 344 g/mol. The molecule has 0 fully saturated rings. The predicted octanol–water partition coefficient (Wildman–Crippen LogP) is 3.58. The highest BCUT2D eigenvalue weighted by Gasteiger charge is 2.44. The molecule has 2 unspecified atom stereocenters. The van der Waals surface area contributed by atoms with E-state index in [-0.39, 0.29) is 0 Å². The van der Waals surface area contributed by atoms with Crippen LogP contribution in [-0.4, -0.2) is 23.2 Å². The number of ether oxygens (including phenoxy) is 2. The lowest BCUT2D eigenvalue weighted by Crippen LogP contribution is -2.60. The molecule has 6 nitrogen and oxygen atoms in total. The highest BCUT2D eigenvalue weighted by molar-refractivity contribution is 5.88. The molecule has 0 aliphatic rings. The molecule has 0 spiro atoms.